The smallest absolute Gasteiger partial charge is 0.344 e. The van der Waals surface area contributed by atoms with E-state index in [9.17, 15) is 4.79 Å². The van der Waals surface area contributed by atoms with Crippen LogP contribution in [0.3, 0.4) is 0 Å². The maximum Gasteiger partial charge on any atom is 0.344 e. The van der Waals surface area contributed by atoms with E-state index in [0.29, 0.717) is 69.0 Å². The molecule has 10 heteroatoms. The molecule has 1 unspecified atom stereocenters. The summed E-state index contributed by atoms with van der Waals surface area (Å²) in [6, 6.07) is 23.0. The molecule has 0 amide bonds. The largest absolute Gasteiger partial charge is 0.437 e. The van der Waals surface area contributed by atoms with Gasteiger partial charge in [-0.3, -0.25) is 0 Å². The number of rotatable bonds is 3. The van der Waals surface area contributed by atoms with Crippen LogP contribution in [0.5, 0.6) is 11.6 Å². The third-order valence-electron chi connectivity index (χ3n) is 7.68. The molecular formula is C31H22ClN5O4. The van der Waals surface area contributed by atoms with Gasteiger partial charge in [0, 0.05) is 24.3 Å². The van der Waals surface area contributed by atoms with Crippen molar-refractivity contribution >= 4 is 33.9 Å². The average molecular weight is 564 g/mol. The highest BCUT2D eigenvalue weighted by atomic mass is 35.5. The Bertz CT molecular complexity index is 2010. The van der Waals surface area contributed by atoms with E-state index in [1.54, 1.807) is 23.0 Å². The molecule has 0 aliphatic carbocycles. The van der Waals surface area contributed by atoms with Crippen molar-refractivity contribution in [3.05, 3.63) is 111 Å². The third kappa shape index (κ3) is 3.88. The maximum atomic E-state index is 13.6. The van der Waals surface area contributed by atoms with Crippen LogP contribution in [-0.4, -0.2) is 45.9 Å². The maximum absolute atomic E-state index is 13.6. The van der Waals surface area contributed by atoms with Crippen molar-refractivity contribution in [2.75, 3.05) is 31.2 Å². The Hall–Kier alpha value is -4.73. The van der Waals surface area contributed by atoms with Crippen molar-refractivity contribution in [3.8, 4) is 23.0 Å². The van der Waals surface area contributed by atoms with Crippen LogP contribution < -0.4 is 15.3 Å². The molecule has 3 aromatic heterocycles. The van der Waals surface area contributed by atoms with E-state index in [4.69, 9.17) is 30.5 Å². The van der Waals surface area contributed by atoms with Crippen molar-refractivity contribution in [1.82, 2.24) is 19.6 Å². The lowest BCUT2D eigenvalue weighted by molar-refractivity contribution is 0.122. The summed E-state index contributed by atoms with van der Waals surface area (Å²) >= 11 is 6.48. The fourth-order valence-corrected chi connectivity index (χ4v) is 5.94. The van der Waals surface area contributed by atoms with Gasteiger partial charge >= 0.3 is 5.63 Å². The molecule has 0 N–H and O–H groups in total. The fourth-order valence-electron chi connectivity index (χ4n) is 5.72. The van der Waals surface area contributed by atoms with Crippen LogP contribution in [0.15, 0.2) is 88.3 Å². The predicted molar refractivity (Wildman–Crippen MR) is 154 cm³/mol. The molecule has 3 aromatic carbocycles. The van der Waals surface area contributed by atoms with Crippen molar-refractivity contribution in [2.45, 2.75) is 5.92 Å². The number of fused-ring (bicyclic) bond motifs is 6. The minimum Gasteiger partial charge on any atom is -0.437 e. The second-order valence-corrected chi connectivity index (χ2v) is 10.4. The zero-order chi connectivity index (χ0) is 27.5. The summed E-state index contributed by atoms with van der Waals surface area (Å²) in [6.45, 7) is 3.04. The summed E-state index contributed by atoms with van der Waals surface area (Å²) in [7, 11) is 0. The monoisotopic (exact) mass is 563 g/mol. The average Bonchev–Trinajstić information content (AvgIpc) is 3.45. The van der Waals surface area contributed by atoms with Crippen LogP contribution in [0.25, 0.3) is 28.0 Å². The first kappa shape index (κ1) is 24.1. The molecule has 2 aliphatic rings. The summed E-state index contributed by atoms with van der Waals surface area (Å²) < 4.78 is 19.3. The van der Waals surface area contributed by atoms with E-state index in [1.165, 1.54) is 0 Å². The Morgan fingerprint density at radius 2 is 1.68 bits per heavy atom. The molecule has 5 heterocycles. The van der Waals surface area contributed by atoms with Gasteiger partial charge in [-0.15, -0.1) is 5.10 Å². The molecule has 6 aromatic rings. The van der Waals surface area contributed by atoms with Crippen molar-refractivity contribution in [2.24, 2.45) is 0 Å². The van der Waals surface area contributed by atoms with Crippen LogP contribution in [0.4, 0.5) is 5.69 Å². The van der Waals surface area contributed by atoms with Gasteiger partial charge in [0.25, 0.3) is 0 Å². The van der Waals surface area contributed by atoms with Gasteiger partial charge in [-0.25, -0.2) is 19.3 Å². The molecule has 9 nitrogen and oxygen atoms in total. The molecule has 1 atom stereocenters. The summed E-state index contributed by atoms with van der Waals surface area (Å²) in [5.74, 6) is 0.687. The molecular weight excluding hydrogens is 542 g/mol. The van der Waals surface area contributed by atoms with Gasteiger partial charge in [0.2, 0.25) is 5.88 Å². The molecule has 0 spiro atoms. The number of morpholine rings is 1. The number of para-hydroxylation sites is 1. The van der Waals surface area contributed by atoms with Gasteiger partial charge < -0.3 is 18.8 Å². The molecule has 202 valence electrons. The van der Waals surface area contributed by atoms with E-state index < -0.39 is 11.5 Å². The Kier molecular flexibility index (Phi) is 5.54. The molecule has 2 aliphatic heterocycles. The molecule has 0 radical (unpaired) electrons. The number of hydrogen-bond donors (Lipinski definition) is 0. The van der Waals surface area contributed by atoms with E-state index in [-0.39, 0.29) is 0 Å². The number of benzene rings is 3. The van der Waals surface area contributed by atoms with Gasteiger partial charge in [-0.1, -0.05) is 48.0 Å². The summed E-state index contributed by atoms with van der Waals surface area (Å²) in [5, 5.41) is 5.90. The lowest BCUT2D eigenvalue weighted by Crippen LogP contribution is -2.36. The predicted octanol–water partition coefficient (Wildman–Crippen LogP) is 5.67. The zero-order valence-electron chi connectivity index (χ0n) is 21.7. The number of nitrogens with zero attached hydrogens (tertiary/aromatic N) is 5. The second-order valence-electron chi connectivity index (χ2n) is 10.0. The van der Waals surface area contributed by atoms with Crippen LogP contribution in [0, 0.1) is 0 Å². The van der Waals surface area contributed by atoms with E-state index >= 15 is 0 Å². The Morgan fingerprint density at radius 1 is 0.902 bits per heavy atom. The van der Waals surface area contributed by atoms with Gasteiger partial charge in [0.1, 0.15) is 11.9 Å². The first-order chi connectivity index (χ1) is 20.2. The van der Waals surface area contributed by atoms with Crippen molar-refractivity contribution in [1.29, 1.82) is 0 Å². The standard InChI is InChI=1S/C31H22ClN5O4/c32-22-7-3-1-5-20(22)28-34-29-26-24(18-9-11-19(12-10-18)36-13-15-39-16-14-36)25-27(41-30(26)33-17-37(29)35-28)21-6-2-4-8-23(21)40-31(25)38/h1-12,17,24H,13-16H2. The second kappa shape index (κ2) is 9.43. The number of anilines is 1. The van der Waals surface area contributed by atoms with Crippen LogP contribution in [0.1, 0.15) is 22.6 Å². The summed E-state index contributed by atoms with van der Waals surface area (Å²) in [5.41, 5.74) is 4.19. The highest BCUT2D eigenvalue weighted by Crippen LogP contribution is 2.49. The van der Waals surface area contributed by atoms with Crippen LogP contribution >= 0.6 is 11.6 Å². The van der Waals surface area contributed by atoms with Gasteiger partial charge in [0.05, 0.1) is 40.7 Å². The molecule has 1 saturated heterocycles. The Balaban J connectivity index is 1.36. The fraction of sp³-hybridized carbons (Fsp3) is 0.161. The number of halogens is 1. The minimum absolute atomic E-state index is 0.362. The zero-order valence-corrected chi connectivity index (χ0v) is 22.4. The molecule has 1 fully saturated rings. The lowest BCUT2D eigenvalue weighted by Gasteiger charge is -2.30. The SMILES string of the molecule is O=c1oc2ccccc2c2c1C(c1ccc(N3CCOCC3)cc1)c1c(ncn3nc(-c4ccccc4Cl)nc13)O2. The molecule has 0 saturated carbocycles. The minimum atomic E-state index is -0.562. The van der Waals surface area contributed by atoms with Gasteiger partial charge in [0.15, 0.2) is 17.2 Å². The first-order valence-corrected chi connectivity index (χ1v) is 13.7. The van der Waals surface area contributed by atoms with E-state index in [0.717, 1.165) is 24.3 Å². The summed E-state index contributed by atoms with van der Waals surface area (Å²) in [6.07, 6.45) is 1.57. The molecule has 8 rings (SSSR count). The Morgan fingerprint density at radius 3 is 2.51 bits per heavy atom. The third-order valence-corrected chi connectivity index (χ3v) is 8.01. The van der Waals surface area contributed by atoms with Gasteiger partial charge in [-0.05, 0) is 42.0 Å². The first-order valence-electron chi connectivity index (χ1n) is 13.3. The highest BCUT2D eigenvalue weighted by molar-refractivity contribution is 6.33. The quantitative estimate of drug-likeness (QED) is 0.254. The van der Waals surface area contributed by atoms with Gasteiger partial charge in [-0.2, -0.15) is 0 Å². The molecule has 0 bridgehead atoms. The van der Waals surface area contributed by atoms with Crippen LogP contribution in [-0.2, 0) is 4.74 Å². The van der Waals surface area contributed by atoms with Crippen molar-refractivity contribution < 1.29 is 13.9 Å². The highest BCUT2D eigenvalue weighted by Gasteiger charge is 2.37. The number of hydrogen-bond acceptors (Lipinski definition) is 8. The lowest BCUT2D eigenvalue weighted by atomic mass is 9.84. The Labute approximate surface area is 238 Å². The van der Waals surface area contributed by atoms with E-state index in [2.05, 4.69) is 27.1 Å². The van der Waals surface area contributed by atoms with Crippen molar-refractivity contribution in [3.63, 3.8) is 0 Å². The topological polar surface area (TPSA) is 95.0 Å². The van der Waals surface area contributed by atoms with E-state index in [1.807, 2.05) is 48.5 Å². The molecule has 41 heavy (non-hydrogen) atoms. The number of ether oxygens (including phenoxy) is 2. The van der Waals surface area contributed by atoms with Crippen LogP contribution in [0.2, 0.25) is 5.02 Å². The number of aromatic nitrogens is 4. The summed E-state index contributed by atoms with van der Waals surface area (Å²) in [4.78, 5) is 25.4. The normalized spacial score (nSPS) is 16.4.